The van der Waals surface area contributed by atoms with Gasteiger partial charge in [-0.25, -0.2) is 4.98 Å². The fourth-order valence-electron chi connectivity index (χ4n) is 2.30. The molecule has 0 saturated heterocycles. The molecule has 0 bridgehead atoms. The Hall–Kier alpha value is -2.45. The molecule has 0 aliphatic carbocycles. The SMILES string of the molecule is CN(CC(=O)Nc1cccc(OC(F)F)c1)c1nc2c(Cl)cccc2s1. The van der Waals surface area contributed by atoms with E-state index in [0.717, 1.165) is 4.70 Å². The molecule has 0 unspecified atom stereocenters. The number of anilines is 2. The summed E-state index contributed by atoms with van der Waals surface area (Å²) in [4.78, 5) is 18.4. The smallest absolute Gasteiger partial charge is 0.387 e. The number of halogens is 3. The molecule has 1 aromatic heterocycles. The van der Waals surface area contributed by atoms with Crippen molar-refractivity contribution in [2.45, 2.75) is 6.61 Å². The van der Waals surface area contributed by atoms with Crippen molar-refractivity contribution in [2.24, 2.45) is 0 Å². The van der Waals surface area contributed by atoms with E-state index in [4.69, 9.17) is 11.6 Å². The lowest BCUT2D eigenvalue weighted by atomic mass is 10.3. The van der Waals surface area contributed by atoms with Gasteiger partial charge in [0.2, 0.25) is 5.91 Å². The standard InChI is InChI=1S/C17H14ClF2N3O2S/c1-23(17-22-15-12(18)6-3-7-13(15)26-17)9-14(24)21-10-4-2-5-11(8-10)25-16(19)20/h2-8,16H,9H2,1H3,(H,21,24). The molecule has 3 rings (SSSR count). The van der Waals surface area contributed by atoms with E-state index in [-0.39, 0.29) is 18.2 Å². The van der Waals surface area contributed by atoms with Gasteiger partial charge < -0.3 is 15.0 Å². The summed E-state index contributed by atoms with van der Waals surface area (Å²) < 4.78 is 29.8. The van der Waals surface area contributed by atoms with Gasteiger partial charge in [0.15, 0.2) is 5.13 Å². The van der Waals surface area contributed by atoms with Crippen LogP contribution in [0.15, 0.2) is 42.5 Å². The fraction of sp³-hybridized carbons (Fsp3) is 0.176. The van der Waals surface area contributed by atoms with Crippen molar-refractivity contribution in [3.63, 3.8) is 0 Å². The molecule has 0 spiro atoms. The van der Waals surface area contributed by atoms with Crippen LogP contribution in [0.1, 0.15) is 0 Å². The lowest BCUT2D eigenvalue weighted by Gasteiger charge is -2.15. The number of fused-ring (bicyclic) bond motifs is 1. The summed E-state index contributed by atoms with van der Waals surface area (Å²) in [5.74, 6) is -0.334. The highest BCUT2D eigenvalue weighted by atomic mass is 35.5. The molecule has 0 fully saturated rings. The molecule has 0 atom stereocenters. The molecule has 1 N–H and O–H groups in total. The molecule has 2 aromatic carbocycles. The number of alkyl halides is 2. The molecule has 0 saturated carbocycles. The topological polar surface area (TPSA) is 54.5 Å². The van der Waals surface area contributed by atoms with Crippen LogP contribution < -0.4 is 15.0 Å². The zero-order valence-electron chi connectivity index (χ0n) is 13.6. The predicted octanol–water partition coefficient (Wildman–Crippen LogP) is 4.63. The number of hydrogen-bond donors (Lipinski definition) is 1. The lowest BCUT2D eigenvalue weighted by Crippen LogP contribution is -2.29. The number of rotatable bonds is 6. The first-order chi connectivity index (χ1) is 12.4. The molecule has 0 aliphatic rings. The van der Waals surface area contributed by atoms with E-state index in [1.165, 1.54) is 29.5 Å². The van der Waals surface area contributed by atoms with Gasteiger partial charge in [-0.2, -0.15) is 8.78 Å². The number of likely N-dealkylation sites (N-methyl/N-ethyl adjacent to an activating group) is 1. The first kappa shape index (κ1) is 18.3. The van der Waals surface area contributed by atoms with Gasteiger partial charge in [0.1, 0.15) is 11.3 Å². The van der Waals surface area contributed by atoms with Gasteiger partial charge in [-0.15, -0.1) is 0 Å². The number of para-hydroxylation sites is 1. The van der Waals surface area contributed by atoms with Gasteiger partial charge in [0.05, 0.1) is 16.3 Å². The summed E-state index contributed by atoms with van der Waals surface area (Å²) in [6, 6.07) is 11.3. The van der Waals surface area contributed by atoms with Gasteiger partial charge >= 0.3 is 6.61 Å². The average molecular weight is 398 g/mol. The Bertz CT molecular complexity index is 935. The summed E-state index contributed by atoms with van der Waals surface area (Å²) in [6.07, 6.45) is 0. The zero-order chi connectivity index (χ0) is 18.7. The summed E-state index contributed by atoms with van der Waals surface area (Å²) in [5, 5.41) is 3.85. The van der Waals surface area contributed by atoms with Crippen LogP contribution in [-0.4, -0.2) is 31.1 Å². The van der Waals surface area contributed by atoms with Crippen LogP contribution in [0.3, 0.4) is 0 Å². The number of ether oxygens (including phenoxy) is 1. The average Bonchev–Trinajstić information content (AvgIpc) is 3.00. The maximum absolute atomic E-state index is 12.3. The predicted molar refractivity (Wildman–Crippen MR) is 99.6 cm³/mol. The fourth-order valence-corrected chi connectivity index (χ4v) is 3.53. The minimum atomic E-state index is -2.92. The van der Waals surface area contributed by atoms with Crippen molar-refractivity contribution < 1.29 is 18.3 Å². The Morgan fingerprint density at radius 1 is 1.35 bits per heavy atom. The second kappa shape index (κ2) is 7.84. The van der Waals surface area contributed by atoms with E-state index in [1.54, 1.807) is 24.1 Å². The van der Waals surface area contributed by atoms with Crippen LogP contribution in [0.2, 0.25) is 5.02 Å². The quantitative estimate of drug-likeness (QED) is 0.659. The molecule has 1 amide bonds. The summed E-state index contributed by atoms with van der Waals surface area (Å²) in [6.45, 7) is -2.88. The molecular formula is C17H14ClF2N3O2S. The molecule has 9 heteroatoms. The highest BCUT2D eigenvalue weighted by molar-refractivity contribution is 7.22. The van der Waals surface area contributed by atoms with E-state index in [0.29, 0.717) is 21.4 Å². The number of thiazole rings is 1. The van der Waals surface area contributed by atoms with Crippen LogP contribution in [0.25, 0.3) is 10.2 Å². The van der Waals surface area contributed by atoms with Crippen LogP contribution >= 0.6 is 22.9 Å². The number of benzene rings is 2. The van der Waals surface area contributed by atoms with Crippen molar-refractivity contribution in [1.29, 1.82) is 0 Å². The monoisotopic (exact) mass is 397 g/mol. The number of carbonyl (C=O) groups is 1. The zero-order valence-corrected chi connectivity index (χ0v) is 15.2. The van der Waals surface area contributed by atoms with E-state index in [9.17, 15) is 13.6 Å². The van der Waals surface area contributed by atoms with Crippen molar-refractivity contribution in [3.05, 3.63) is 47.5 Å². The molecule has 1 heterocycles. The van der Waals surface area contributed by atoms with Gasteiger partial charge in [-0.3, -0.25) is 4.79 Å². The number of amides is 1. The van der Waals surface area contributed by atoms with E-state index >= 15 is 0 Å². The molecule has 0 radical (unpaired) electrons. The minimum absolute atomic E-state index is 0.0213. The molecule has 136 valence electrons. The summed E-state index contributed by atoms with van der Waals surface area (Å²) >= 11 is 7.54. The van der Waals surface area contributed by atoms with Gasteiger partial charge in [0, 0.05) is 18.8 Å². The summed E-state index contributed by atoms with van der Waals surface area (Å²) in [5.41, 5.74) is 1.06. The number of hydrogen-bond acceptors (Lipinski definition) is 5. The van der Waals surface area contributed by atoms with Gasteiger partial charge in [-0.1, -0.05) is 35.1 Å². The van der Waals surface area contributed by atoms with Crippen molar-refractivity contribution in [1.82, 2.24) is 4.98 Å². The van der Waals surface area contributed by atoms with E-state index in [2.05, 4.69) is 15.0 Å². The normalized spacial score (nSPS) is 11.0. The first-order valence-corrected chi connectivity index (χ1v) is 8.73. The summed E-state index contributed by atoms with van der Waals surface area (Å²) in [7, 11) is 1.74. The second-order valence-electron chi connectivity index (χ2n) is 5.39. The maximum Gasteiger partial charge on any atom is 0.387 e. The van der Waals surface area contributed by atoms with Crippen LogP contribution in [-0.2, 0) is 4.79 Å². The third kappa shape index (κ3) is 4.39. The third-order valence-corrected chi connectivity index (χ3v) is 4.85. The highest BCUT2D eigenvalue weighted by Crippen LogP contribution is 2.32. The van der Waals surface area contributed by atoms with Crippen LogP contribution in [0, 0.1) is 0 Å². The first-order valence-electron chi connectivity index (χ1n) is 7.53. The maximum atomic E-state index is 12.3. The van der Waals surface area contributed by atoms with Crippen LogP contribution in [0.4, 0.5) is 19.6 Å². The van der Waals surface area contributed by atoms with E-state index in [1.807, 2.05) is 12.1 Å². The molecular weight excluding hydrogens is 384 g/mol. The molecule has 26 heavy (non-hydrogen) atoms. The van der Waals surface area contributed by atoms with Crippen molar-refractivity contribution in [2.75, 3.05) is 23.8 Å². The molecule has 5 nitrogen and oxygen atoms in total. The lowest BCUT2D eigenvalue weighted by molar-refractivity contribution is -0.114. The minimum Gasteiger partial charge on any atom is -0.435 e. The Kier molecular flexibility index (Phi) is 5.53. The molecule has 3 aromatic rings. The van der Waals surface area contributed by atoms with Gasteiger partial charge in [0.25, 0.3) is 0 Å². The Labute approximate surface area is 157 Å². The van der Waals surface area contributed by atoms with Gasteiger partial charge in [-0.05, 0) is 24.3 Å². The Balaban J connectivity index is 1.66. The number of aromatic nitrogens is 1. The largest absolute Gasteiger partial charge is 0.435 e. The molecule has 0 aliphatic heterocycles. The van der Waals surface area contributed by atoms with E-state index < -0.39 is 6.61 Å². The van der Waals surface area contributed by atoms with Crippen molar-refractivity contribution in [3.8, 4) is 5.75 Å². The number of nitrogens with zero attached hydrogens (tertiary/aromatic N) is 2. The highest BCUT2D eigenvalue weighted by Gasteiger charge is 2.14. The number of carbonyl (C=O) groups excluding carboxylic acids is 1. The Morgan fingerprint density at radius 3 is 2.85 bits per heavy atom. The Morgan fingerprint density at radius 2 is 2.12 bits per heavy atom. The third-order valence-electron chi connectivity index (χ3n) is 3.41. The second-order valence-corrected chi connectivity index (χ2v) is 6.81. The van der Waals surface area contributed by atoms with Crippen molar-refractivity contribution >= 4 is 49.9 Å². The van der Waals surface area contributed by atoms with Crippen LogP contribution in [0.5, 0.6) is 5.75 Å². The number of nitrogens with one attached hydrogen (secondary N) is 1.